The Morgan fingerprint density at radius 2 is 2.12 bits per heavy atom. The number of hydrogen-bond acceptors (Lipinski definition) is 8. The normalized spacial score (nSPS) is 27.1. The number of hydrogen-bond donors (Lipinski definition) is 7. The summed E-state index contributed by atoms with van der Waals surface area (Å²) in [5, 5.41) is 19.0. The molecule has 1 saturated heterocycles. The van der Waals surface area contributed by atoms with E-state index in [1.54, 1.807) is 0 Å². The highest BCUT2D eigenvalue weighted by Crippen LogP contribution is 2.39. The minimum absolute atomic E-state index is 0.00126. The average Bonchev–Trinajstić information content (AvgIpc) is 3.08. The quantitative estimate of drug-likeness (QED) is 0.214. The first-order valence-electron chi connectivity index (χ1n) is 7.03. The second kappa shape index (κ2) is 6.78. The highest BCUT2D eigenvalue weighted by atomic mass is 32.5. The van der Waals surface area contributed by atoms with Crippen LogP contribution in [0.2, 0.25) is 0 Å². The zero-order chi connectivity index (χ0) is 18.4. The zero-order valence-corrected chi connectivity index (χ0v) is 14.7. The number of aromatic nitrogens is 4. The first kappa shape index (κ1) is 18.5. The lowest BCUT2D eigenvalue weighted by Crippen LogP contribution is -2.33. The molecule has 0 unspecified atom stereocenters. The van der Waals surface area contributed by atoms with Crippen molar-refractivity contribution in [3.8, 4) is 6.01 Å². The minimum Gasteiger partial charge on any atom is -0.467 e. The molecular weight excluding hydrogens is 377 g/mol. The SMILES string of the molecule is COc1nc(N)c2ncn([C@@H]3O[C@H](CO)[C@@H]([SH]=P(O)(O)O)[C@@H]3O)c2n1. The third-order valence-electron chi connectivity index (χ3n) is 3.69. The fourth-order valence-electron chi connectivity index (χ4n) is 2.63. The molecule has 0 bridgehead atoms. The third kappa shape index (κ3) is 3.50. The number of imidazole rings is 1. The Kier molecular flexibility index (Phi) is 5.01. The van der Waals surface area contributed by atoms with Crippen molar-refractivity contribution in [1.82, 2.24) is 19.5 Å². The Morgan fingerprint density at radius 3 is 2.72 bits per heavy atom. The molecule has 0 saturated carbocycles. The van der Waals surface area contributed by atoms with E-state index in [2.05, 4.69) is 15.0 Å². The summed E-state index contributed by atoms with van der Waals surface area (Å²) in [7, 11) is 1.14. The predicted octanol–water partition coefficient (Wildman–Crippen LogP) is -2.49. The van der Waals surface area contributed by atoms with Crippen LogP contribution in [0.1, 0.15) is 6.23 Å². The molecule has 3 rings (SSSR count). The summed E-state index contributed by atoms with van der Waals surface area (Å²) in [6.07, 6.45) is -1.91. The van der Waals surface area contributed by atoms with Crippen molar-refractivity contribution in [2.24, 2.45) is 0 Å². The Morgan fingerprint density at radius 1 is 1.40 bits per heavy atom. The number of thiol groups is 1. The molecule has 4 atom stereocenters. The van der Waals surface area contributed by atoms with E-state index in [9.17, 15) is 24.9 Å². The molecule has 1 aliphatic rings. The second-order valence-electron chi connectivity index (χ2n) is 5.30. The van der Waals surface area contributed by atoms with Crippen LogP contribution in [-0.2, 0) is 15.7 Å². The predicted molar refractivity (Wildman–Crippen MR) is 89.4 cm³/mol. The zero-order valence-electron chi connectivity index (χ0n) is 12.9. The van der Waals surface area contributed by atoms with E-state index in [1.807, 2.05) is 0 Å². The molecule has 0 amide bonds. The minimum atomic E-state index is -4.19. The summed E-state index contributed by atoms with van der Waals surface area (Å²) in [5.74, 6) is 0.0764. The highest BCUT2D eigenvalue weighted by molar-refractivity contribution is 8.16. The molecule has 25 heavy (non-hydrogen) atoms. The molecule has 7 N–H and O–H groups in total. The van der Waals surface area contributed by atoms with Gasteiger partial charge in [-0.05, 0) is 0 Å². The van der Waals surface area contributed by atoms with Gasteiger partial charge in [-0.2, -0.15) is 9.97 Å². The van der Waals surface area contributed by atoms with E-state index in [0.717, 1.165) is 0 Å². The van der Waals surface area contributed by atoms with Gasteiger partial charge in [0.05, 0.1) is 31.4 Å². The van der Waals surface area contributed by atoms with Crippen LogP contribution < -0.4 is 10.5 Å². The van der Waals surface area contributed by atoms with Crippen LogP contribution in [0, 0.1) is 0 Å². The number of nitrogen functional groups attached to an aromatic ring is 1. The summed E-state index contributed by atoms with van der Waals surface area (Å²) in [6.45, 7) is -4.68. The Labute approximate surface area is 144 Å². The molecular formula is C11H18N5O7PS. The van der Waals surface area contributed by atoms with Crippen LogP contribution in [-0.4, -0.2) is 75.6 Å². The lowest BCUT2D eigenvalue weighted by Gasteiger charge is -2.18. The van der Waals surface area contributed by atoms with Gasteiger partial charge in [-0.1, -0.05) is 0 Å². The van der Waals surface area contributed by atoms with Crippen molar-refractivity contribution in [2.45, 2.75) is 23.7 Å². The van der Waals surface area contributed by atoms with E-state index in [4.69, 9.17) is 15.2 Å². The van der Waals surface area contributed by atoms with Gasteiger partial charge in [0.25, 0.3) is 6.72 Å². The number of nitrogens with two attached hydrogens (primary N) is 1. The van der Waals surface area contributed by atoms with Crippen molar-refractivity contribution >= 4 is 34.6 Å². The number of anilines is 1. The fraction of sp³-hybridized carbons (Fsp3) is 0.545. The number of methoxy groups -OCH3 is 1. The Bertz CT molecular complexity index is 833. The summed E-state index contributed by atoms with van der Waals surface area (Å²) in [4.78, 5) is 40.0. The molecule has 14 heteroatoms. The van der Waals surface area contributed by atoms with Gasteiger partial charge in [-0.3, -0.25) is 4.57 Å². The maximum atomic E-state index is 10.5. The van der Waals surface area contributed by atoms with Crippen LogP contribution in [0.5, 0.6) is 6.01 Å². The summed E-state index contributed by atoms with van der Waals surface area (Å²) >= 11 is 0. The largest absolute Gasteiger partial charge is 0.467 e. The van der Waals surface area contributed by atoms with Gasteiger partial charge in [0.15, 0.2) is 23.2 Å². The van der Waals surface area contributed by atoms with Crippen molar-refractivity contribution in [1.29, 1.82) is 0 Å². The van der Waals surface area contributed by atoms with Crippen LogP contribution in [0.3, 0.4) is 0 Å². The molecule has 3 heterocycles. The van der Waals surface area contributed by atoms with Gasteiger partial charge in [-0.25, -0.2) is 4.98 Å². The molecule has 2 aromatic heterocycles. The van der Waals surface area contributed by atoms with Crippen molar-refractivity contribution in [3.05, 3.63) is 6.33 Å². The number of ether oxygens (including phenoxy) is 2. The number of fused-ring (bicyclic) bond motifs is 1. The maximum Gasteiger partial charge on any atom is 0.320 e. The van der Waals surface area contributed by atoms with Gasteiger partial charge >= 0.3 is 6.01 Å². The van der Waals surface area contributed by atoms with Crippen molar-refractivity contribution < 1.29 is 34.4 Å². The number of aliphatic hydroxyl groups is 2. The van der Waals surface area contributed by atoms with Crippen LogP contribution in [0.4, 0.5) is 5.82 Å². The van der Waals surface area contributed by atoms with E-state index >= 15 is 0 Å². The molecule has 140 valence electrons. The average molecular weight is 395 g/mol. The highest BCUT2D eigenvalue weighted by Gasteiger charge is 2.45. The standard InChI is InChI=1S/C11H18N5O7PS/c1-22-11-14-8(12)5-9(15-11)16(3-13-5)10-6(18)7(4(2-17)23-10)25-24(19,20)21/h3-4,6-7,10,17-21,25H,2H2,1H3,(H2,12,14,15)/t4-,6+,7-,10-/m1/s1. The Balaban J connectivity index is 2.05. The summed E-state index contributed by atoms with van der Waals surface area (Å²) in [5.41, 5.74) is 6.30. The lowest BCUT2D eigenvalue weighted by molar-refractivity contribution is -0.0486. The van der Waals surface area contributed by atoms with Gasteiger partial charge in [0, 0.05) is 0 Å². The maximum absolute atomic E-state index is 10.5. The van der Waals surface area contributed by atoms with E-state index in [0.29, 0.717) is 0 Å². The topological polar surface area (TPSA) is 189 Å². The summed E-state index contributed by atoms with van der Waals surface area (Å²) in [6, 6.07) is -0.00126. The number of aliphatic hydroxyl groups excluding tert-OH is 2. The second-order valence-corrected chi connectivity index (χ2v) is 9.50. The smallest absolute Gasteiger partial charge is 0.320 e. The first-order chi connectivity index (χ1) is 11.7. The van der Waals surface area contributed by atoms with Gasteiger partial charge in [-0.15, -0.1) is 10.9 Å². The van der Waals surface area contributed by atoms with Crippen molar-refractivity contribution in [2.75, 3.05) is 19.5 Å². The molecule has 0 radical (unpaired) electrons. The molecule has 0 aromatic carbocycles. The fourth-order valence-corrected chi connectivity index (χ4v) is 5.51. The Hall–Kier alpha value is -1.31. The van der Waals surface area contributed by atoms with Crippen molar-refractivity contribution in [3.63, 3.8) is 0 Å². The first-order valence-corrected chi connectivity index (χ1v) is 10.3. The van der Waals surface area contributed by atoms with Crippen LogP contribution in [0.15, 0.2) is 6.33 Å². The number of nitrogens with zero attached hydrogens (tertiary/aromatic N) is 4. The monoisotopic (exact) mass is 395 g/mol. The molecule has 0 aliphatic carbocycles. The van der Waals surface area contributed by atoms with Gasteiger partial charge in [0.2, 0.25) is 0 Å². The molecule has 0 spiro atoms. The van der Waals surface area contributed by atoms with Crippen LogP contribution in [0.25, 0.3) is 11.2 Å². The third-order valence-corrected chi connectivity index (χ3v) is 6.63. The number of rotatable bonds is 4. The molecule has 12 nitrogen and oxygen atoms in total. The molecule has 2 aromatic rings. The van der Waals surface area contributed by atoms with E-state index < -0.39 is 37.0 Å². The van der Waals surface area contributed by atoms with E-state index in [1.165, 1.54) is 18.0 Å². The summed E-state index contributed by atoms with van der Waals surface area (Å²) < 4.78 is 11.9. The molecule has 1 fully saturated rings. The van der Waals surface area contributed by atoms with Gasteiger partial charge in [0.1, 0.15) is 6.10 Å². The van der Waals surface area contributed by atoms with Crippen LogP contribution >= 0.6 is 6.72 Å². The van der Waals surface area contributed by atoms with Gasteiger partial charge < -0.3 is 40.1 Å². The van der Waals surface area contributed by atoms with E-state index in [-0.39, 0.29) is 33.9 Å². The lowest BCUT2D eigenvalue weighted by atomic mass is 10.2. The molecule has 1 aliphatic heterocycles.